The van der Waals surface area contributed by atoms with Crippen LogP contribution in [0.25, 0.3) is 0 Å². The van der Waals surface area contributed by atoms with Crippen molar-refractivity contribution in [2.75, 3.05) is 26.3 Å². The van der Waals surface area contributed by atoms with E-state index in [0.29, 0.717) is 32.6 Å². The van der Waals surface area contributed by atoms with E-state index in [0.717, 1.165) is 24.8 Å². The molecule has 1 N–H and O–H groups in total. The highest BCUT2D eigenvalue weighted by Crippen LogP contribution is 2.49. The van der Waals surface area contributed by atoms with E-state index in [9.17, 15) is 19.1 Å². The Kier molecular flexibility index (Phi) is 4.26. The lowest BCUT2D eigenvalue weighted by molar-refractivity contribution is -0.158. The summed E-state index contributed by atoms with van der Waals surface area (Å²) in [6.45, 7) is 1.53. The number of benzene rings is 1. The second-order valence-electron chi connectivity index (χ2n) is 8.11. The summed E-state index contributed by atoms with van der Waals surface area (Å²) >= 11 is 0. The lowest BCUT2D eigenvalue weighted by Crippen LogP contribution is -2.49. The molecule has 2 aliphatic heterocycles. The van der Waals surface area contributed by atoms with E-state index in [-0.39, 0.29) is 24.2 Å². The maximum atomic E-state index is 13.5. The molecular formula is C20H24FNO4. The molecule has 0 spiro atoms. The predicted molar refractivity (Wildman–Crippen MR) is 92.0 cm³/mol. The predicted octanol–water partition coefficient (Wildman–Crippen LogP) is 2.49. The average molecular weight is 361 g/mol. The van der Waals surface area contributed by atoms with Crippen molar-refractivity contribution in [1.29, 1.82) is 0 Å². The van der Waals surface area contributed by atoms with Crippen LogP contribution in [0.15, 0.2) is 24.3 Å². The molecule has 5 nitrogen and oxygen atoms in total. The molecule has 3 aliphatic rings. The van der Waals surface area contributed by atoms with Crippen molar-refractivity contribution in [1.82, 2.24) is 4.90 Å². The molecule has 3 fully saturated rings. The second kappa shape index (κ2) is 6.34. The largest absolute Gasteiger partial charge is 0.481 e. The Hall–Kier alpha value is -1.95. The first-order valence-corrected chi connectivity index (χ1v) is 9.30. The van der Waals surface area contributed by atoms with Crippen molar-refractivity contribution < 1.29 is 23.8 Å². The minimum absolute atomic E-state index is 0.0306. The number of carboxylic acids is 1. The van der Waals surface area contributed by atoms with Crippen LogP contribution in [0, 0.1) is 22.6 Å². The average Bonchev–Trinajstić information content (AvgIpc) is 2.99. The quantitative estimate of drug-likeness (QED) is 0.895. The zero-order valence-corrected chi connectivity index (χ0v) is 14.7. The molecule has 26 heavy (non-hydrogen) atoms. The van der Waals surface area contributed by atoms with Crippen LogP contribution in [0.4, 0.5) is 4.39 Å². The summed E-state index contributed by atoms with van der Waals surface area (Å²) < 4.78 is 19.0. The Balaban J connectivity index is 1.55. The molecule has 0 unspecified atom stereocenters. The molecular weight excluding hydrogens is 337 g/mol. The van der Waals surface area contributed by atoms with Crippen LogP contribution >= 0.6 is 0 Å². The minimum Gasteiger partial charge on any atom is -0.481 e. The van der Waals surface area contributed by atoms with E-state index in [4.69, 9.17) is 4.74 Å². The van der Waals surface area contributed by atoms with Crippen LogP contribution in [-0.2, 0) is 20.7 Å². The lowest BCUT2D eigenvalue weighted by Gasteiger charge is -2.43. The van der Waals surface area contributed by atoms with Gasteiger partial charge in [-0.1, -0.05) is 18.6 Å². The molecule has 1 aromatic rings. The third-order valence-electron chi connectivity index (χ3n) is 6.62. The molecule has 6 heteroatoms. The first-order chi connectivity index (χ1) is 12.5. The van der Waals surface area contributed by atoms with E-state index in [1.807, 2.05) is 6.07 Å². The number of carboxylic acid groups (broad SMARTS) is 1. The fraction of sp³-hybridized carbons (Fsp3) is 0.600. The number of likely N-dealkylation sites (tertiary alicyclic amines) is 1. The van der Waals surface area contributed by atoms with Gasteiger partial charge in [0.05, 0.1) is 17.4 Å². The number of aliphatic carboxylic acids is 1. The highest BCUT2D eigenvalue weighted by atomic mass is 19.1. The number of halogens is 1. The third-order valence-corrected chi connectivity index (χ3v) is 6.62. The number of carbonyl (C=O) groups is 2. The minimum atomic E-state index is -0.877. The van der Waals surface area contributed by atoms with Crippen molar-refractivity contribution in [2.45, 2.75) is 32.1 Å². The smallest absolute Gasteiger partial charge is 0.311 e. The number of hydrogen-bond donors (Lipinski definition) is 1. The first-order valence-electron chi connectivity index (χ1n) is 9.30. The van der Waals surface area contributed by atoms with E-state index < -0.39 is 16.8 Å². The van der Waals surface area contributed by atoms with Gasteiger partial charge in [-0.3, -0.25) is 9.59 Å². The van der Waals surface area contributed by atoms with Crippen LogP contribution in [0.5, 0.6) is 0 Å². The van der Waals surface area contributed by atoms with Gasteiger partial charge >= 0.3 is 5.97 Å². The van der Waals surface area contributed by atoms with E-state index in [2.05, 4.69) is 0 Å². The molecule has 140 valence electrons. The summed E-state index contributed by atoms with van der Waals surface area (Å²) in [6, 6.07) is 6.42. The van der Waals surface area contributed by atoms with Crippen molar-refractivity contribution in [3.05, 3.63) is 35.6 Å². The maximum absolute atomic E-state index is 13.5. The van der Waals surface area contributed by atoms with E-state index in [1.54, 1.807) is 11.0 Å². The van der Waals surface area contributed by atoms with Crippen LogP contribution in [0.2, 0.25) is 0 Å². The maximum Gasteiger partial charge on any atom is 0.311 e. The van der Waals surface area contributed by atoms with Crippen LogP contribution in [0.1, 0.15) is 31.2 Å². The highest BCUT2D eigenvalue weighted by molar-refractivity contribution is 5.86. The summed E-state index contributed by atoms with van der Waals surface area (Å²) in [6.07, 6.45) is 3.50. The number of fused-ring (bicyclic) bond motifs is 1. The van der Waals surface area contributed by atoms with Crippen LogP contribution in [0.3, 0.4) is 0 Å². The fourth-order valence-electron chi connectivity index (χ4n) is 4.90. The van der Waals surface area contributed by atoms with Crippen molar-refractivity contribution in [3.63, 3.8) is 0 Å². The highest BCUT2D eigenvalue weighted by Gasteiger charge is 2.57. The lowest BCUT2D eigenvalue weighted by atomic mass is 9.64. The number of rotatable bonds is 4. The van der Waals surface area contributed by atoms with Gasteiger partial charge in [-0.2, -0.15) is 0 Å². The Morgan fingerprint density at radius 3 is 2.73 bits per heavy atom. The Bertz CT molecular complexity index is 732. The van der Waals surface area contributed by atoms with Gasteiger partial charge in [0.2, 0.25) is 5.91 Å². The zero-order chi connectivity index (χ0) is 18.4. The first kappa shape index (κ1) is 17.5. The molecule has 2 atom stereocenters. The molecule has 4 rings (SSSR count). The summed E-state index contributed by atoms with van der Waals surface area (Å²) in [5.41, 5.74) is -0.564. The van der Waals surface area contributed by atoms with Crippen molar-refractivity contribution in [2.24, 2.45) is 16.7 Å². The topological polar surface area (TPSA) is 66.8 Å². The molecule has 1 aliphatic carbocycles. The van der Waals surface area contributed by atoms with Crippen molar-refractivity contribution in [3.8, 4) is 0 Å². The number of carbonyl (C=O) groups excluding carboxylic acids is 1. The zero-order valence-electron chi connectivity index (χ0n) is 14.7. The van der Waals surface area contributed by atoms with Crippen LogP contribution in [-0.4, -0.2) is 48.2 Å². The molecule has 0 radical (unpaired) electrons. The molecule has 1 aromatic carbocycles. The Morgan fingerprint density at radius 2 is 2.12 bits per heavy atom. The summed E-state index contributed by atoms with van der Waals surface area (Å²) in [5, 5.41) is 9.80. The number of hydrogen-bond acceptors (Lipinski definition) is 3. The molecule has 2 heterocycles. The summed E-state index contributed by atoms with van der Waals surface area (Å²) in [4.78, 5) is 27.0. The standard InChI is InChI=1S/C20H24FNO4/c21-16-4-1-3-14(9-16)10-19(5-2-6-19)17(23)22-11-15-12-26-8-7-20(15,13-22)18(24)25/h1,3-4,9,15H,2,5-8,10-13H2,(H,24,25)/t15-,20+/m0/s1. The van der Waals surface area contributed by atoms with Gasteiger partial charge in [-0.25, -0.2) is 4.39 Å². The van der Waals surface area contributed by atoms with Crippen LogP contribution < -0.4 is 0 Å². The SMILES string of the molecule is O=C(N1C[C@H]2COCC[C@@]2(C(=O)O)C1)C1(Cc2cccc(F)c2)CCC1. The molecule has 1 saturated carbocycles. The Morgan fingerprint density at radius 1 is 1.31 bits per heavy atom. The summed E-state index contributed by atoms with van der Waals surface area (Å²) in [5.74, 6) is -1.24. The monoisotopic (exact) mass is 361 g/mol. The normalized spacial score (nSPS) is 29.7. The van der Waals surface area contributed by atoms with Gasteiger partial charge in [-0.15, -0.1) is 0 Å². The molecule has 0 bridgehead atoms. The number of nitrogens with zero attached hydrogens (tertiary/aromatic N) is 1. The van der Waals surface area contributed by atoms with Gasteiger partial charge in [-0.05, 0) is 43.4 Å². The van der Waals surface area contributed by atoms with Gasteiger partial charge < -0.3 is 14.7 Å². The molecule has 2 saturated heterocycles. The second-order valence-corrected chi connectivity index (χ2v) is 8.11. The van der Waals surface area contributed by atoms with Gasteiger partial charge in [0, 0.05) is 25.6 Å². The third kappa shape index (κ3) is 2.71. The number of amides is 1. The van der Waals surface area contributed by atoms with E-state index >= 15 is 0 Å². The molecule has 0 aromatic heterocycles. The summed E-state index contributed by atoms with van der Waals surface area (Å²) in [7, 11) is 0. The fourth-order valence-corrected chi connectivity index (χ4v) is 4.90. The Labute approximate surface area is 152 Å². The van der Waals surface area contributed by atoms with Gasteiger partial charge in [0.25, 0.3) is 0 Å². The van der Waals surface area contributed by atoms with Gasteiger partial charge in [0.15, 0.2) is 0 Å². The molecule has 1 amide bonds. The van der Waals surface area contributed by atoms with E-state index in [1.165, 1.54) is 12.1 Å². The number of ether oxygens (including phenoxy) is 1. The van der Waals surface area contributed by atoms with Crippen molar-refractivity contribution >= 4 is 11.9 Å². The van der Waals surface area contributed by atoms with Gasteiger partial charge in [0.1, 0.15) is 5.82 Å².